The van der Waals surface area contributed by atoms with Crippen molar-refractivity contribution in [3.8, 4) is 0 Å². The van der Waals surface area contributed by atoms with E-state index in [4.69, 9.17) is 0 Å². The van der Waals surface area contributed by atoms with Gasteiger partial charge >= 0.3 is 11.9 Å². The quantitative estimate of drug-likeness (QED) is 0.703. The number of ether oxygens (including phenoxy) is 2. The molecule has 0 heterocycles. The first kappa shape index (κ1) is 17.1. The number of hydrogen-bond acceptors (Lipinski definition) is 6. The van der Waals surface area contributed by atoms with Crippen LogP contribution < -0.4 is 0 Å². The highest BCUT2D eigenvalue weighted by Gasteiger charge is 2.29. The molecule has 0 aliphatic rings. The van der Waals surface area contributed by atoms with Gasteiger partial charge in [-0.3, -0.25) is 9.59 Å². The van der Waals surface area contributed by atoms with Crippen LogP contribution in [-0.4, -0.2) is 52.0 Å². The van der Waals surface area contributed by atoms with Gasteiger partial charge in [0, 0.05) is 0 Å². The van der Waals surface area contributed by atoms with Gasteiger partial charge in [-0.05, 0) is 19.1 Å². The van der Waals surface area contributed by atoms with Gasteiger partial charge in [-0.25, -0.2) is 8.42 Å². The second kappa shape index (κ2) is 7.19. The number of sulfonamides is 1. The average molecular weight is 315 g/mol. The third-order valence-electron chi connectivity index (χ3n) is 2.73. The number of methoxy groups -OCH3 is 2. The molecule has 0 radical (unpaired) electrons. The summed E-state index contributed by atoms with van der Waals surface area (Å²) in [7, 11) is -1.72. The number of carbonyl (C=O) groups excluding carboxylic acids is 2. The zero-order valence-electron chi connectivity index (χ0n) is 12.0. The smallest absolute Gasteiger partial charge is 0.321 e. The molecule has 21 heavy (non-hydrogen) atoms. The first-order valence-corrected chi connectivity index (χ1v) is 7.45. The van der Waals surface area contributed by atoms with Crippen LogP contribution in [0.5, 0.6) is 0 Å². The molecule has 1 rings (SSSR count). The van der Waals surface area contributed by atoms with E-state index in [1.54, 1.807) is 12.1 Å². The number of benzene rings is 1. The molecule has 0 N–H and O–H groups in total. The fourth-order valence-electron chi connectivity index (χ4n) is 1.50. The summed E-state index contributed by atoms with van der Waals surface area (Å²) in [5, 5.41) is 0. The molecule has 0 saturated carbocycles. The highest BCUT2D eigenvalue weighted by Crippen LogP contribution is 2.16. The molecule has 0 bridgehead atoms. The molecule has 1 aromatic rings. The van der Waals surface area contributed by atoms with Gasteiger partial charge in [-0.1, -0.05) is 17.7 Å². The normalized spacial score (nSPS) is 11.2. The molecule has 0 amide bonds. The van der Waals surface area contributed by atoms with Crippen molar-refractivity contribution in [2.45, 2.75) is 11.8 Å². The molecule has 0 aliphatic heterocycles. The van der Waals surface area contributed by atoms with E-state index < -0.39 is 35.1 Å². The lowest BCUT2D eigenvalue weighted by molar-refractivity contribution is -0.143. The second-order valence-corrected chi connectivity index (χ2v) is 6.18. The standard InChI is InChI=1S/C13H17NO6S/c1-10-4-6-11(7-5-10)21(17,18)14(8-12(15)19-2)9-13(16)20-3/h4-7H,8-9H2,1-3H3. The summed E-state index contributed by atoms with van der Waals surface area (Å²) >= 11 is 0. The summed E-state index contributed by atoms with van der Waals surface area (Å²) in [5.74, 6) is -1.54. The highest BCUT2D eigenvalue weighted by molar-refractivity contribution is 7.89. The van der Waals surface area contributed by atoms with Crippen LogP contribution in [-0.2, 0) is 29.1 Å². The molecule has 0 saturated heterocycles. The van der Waals surface area contributed by atoms with E-state index in [1.807, 2.05) is 6.92 Å². The lowest BCUT2D eigenvalue weighted by atomic mass is 10.2. The Balaban J connectivity index is 3.12. The summed E-state index contributed by atoms with van der Waals surface area (Å²) in [5.41, 5.74) is 0.890. The lowest BCUT2D eigenvalue weighted by Crippen LogP contribution is -2.40. The van der Waals surface area contributed by atoms with Gasteiger partial charge in [-0.2, -0.15) is 4.31 Å². The maximum Gasteiger partial charge on any atom is 0.321 e. The third-order valence-corrected chi connectivity index (χ3v) is 4.53. The molecule has 0 fully saturated rings. The predicted octanol–water partition coefficient (Wildman–Crippen LogP) is 0.332. The molecule has 1 aromatic carbocycles. The van der Waals surface area contributed by atoms with Crippen LogP contribution in [0.15, 0.2) is 29.2 Å². The minimum Gasteiger partial charge on any atom is -0.468 e. The Hall–Kier alpha value is -1.93. The SMILES string of the molecule is COC(=O)CN(CC(=O)OC)S(=O)(=O)c1ccc(C)cc1. The fourth-order valence-corrected chi connectivity index (χ4v) is 2.83. The zero-order chi connectivity index (χ0) is 16.0. The van der Waals surface area contributed by atoms with Crippen molar-refractivity contribution in [2.75, 3.05) is 27.3 Å². The van der Waals surface area contributed by atoms with E-state index in [0.29, 0.717) is 0 Å². The average Bonchev–Trinajstić information content (AvgIpc) is 2.46. The third kappa shape index (κ3) is 4.54. The Morgan fingerprint density at radius 3 is 1.81 bits per heavy atom. The molecular weight excluding hydrogens is 298 g/mol. The van der Waals surface area contributed by atoms with E-state index in [9.17, 15) is 18.0 Å². The van der Waals surface area contributed by atoms with Crippen LogP contribution >= 0.6 is 0 Å². The number of aryl methyl sites for hydroxylation is 1. The molecule has 116 valence electrons. The zero-order valence-corrected chi connectivity index (χ0v) is 12.8. The number of esters is 2. The number of hydrogen-bond donors (Lipinski definition) is 0. The first-order valence-electron chi connectivity index (χ1n) is 6.01. The molecule has 7 nitrogen and oxygen atoms in total. The van der Waals surface area contributed by atoms with Gasteiger partial charge in [-0.15, -0.1) is 0 Å². The van der Waals surface area contributed by atoms with Gasteiger partial charge < -0.3 is 9.47 Å². The van der Waals surface area contributed by atoms with E-state index in [2.05, 4.69) is 9.47 Å². The molecule has 0 unspecified atom stereocenters. The lowest BCUT2D eigenvalue weighted by Gasteiger charge is -2.19. The topological polar surface area (TPSA) is 90.0 Å². The van der Waals surface area contributed by atoms with Gasteiger partial charge in [0.1, 0.15) is 13.1 Å². The molecular formula is C13H17NO6S. The van der Waals surface area contributed by atoms with Crippen LogP contribution in [0, 0.1) is 6.92 Å². The van der Waals surface area contributed by atoms with Crippen LogP contribution in [0.25, 0.3) is 0 Å². The Kier molecular flexibility index (Phi) is 5.86. The van der Waals surface area contributed by atoms with E-state index in [0.717, 1.165) is 24.1 Å². The van der Waals surface area contributed by atoms with Crippen LogP contribution in [0.4, 0.5) is 0 Å². The van der Waals surface area contributed by atoms with Crippen molar-refractivity contribution in [1.29, 1.82) is 0 Å². The number of carbonyl (C=O) groups is 2. The molecule has 0 aromatic heterocycles. The Morgan fingerprint density at radius 1 is 1.00 bits per heavy atom. The van der Waals surface area contributed by atoms with Gasteiger partial charge in [0.15, 0.2) is 0 Å². The minimum absolute atomic E-state index is 0.0130. The maximum absolute atomic E-state index is 12.5. The van der Waals surface area contributed by atoms with Crippen LogP contribution in [0.2, 0.25) is 0 Å². The van der Waals surface area contributed by atoms with Crippen molar-refractivity contribution < 1.29 is 27.5 Å². The Labute approximate surface area is 123 Å². The van der Waals surface area contributed by atoms with Crippen LogP contribution in [0.3, 0.4) is 0 Å². The van der Waals surface area contributed by atoms with E-state index >= 15 is 0 Å². The summed E-state index contributed by atoms with van der Waals surface area (Å²) in [6.45, 7) is 0.681. The van der Waals surface area contributed by atoms with Gasteiger partial charge in [0.25, 0.3) is 0 Å². The Bertz CT molecular complexity index is 590. The predicted molar refractivity (Wildman–Crippen MR) is 74.0 cm³/mol. The minimum atomic E-state index is -4.00. The second-order valence-electron chi connectivity index (χ2n) is 4.24. The highest BCUT2D eigenvalue weighted by atomic mass is 32.2. The van der Waals surface area contributed by atoms with Gasteiger partial charge in [0.2, 0.25) is 10.0 Å². The van der Waals surface area contributed by atoms with Crippen LogP contribution in [0.1, 0.15) is 5.56 Å². The van der Waals surface area contributed by atoms with Crippen molar-refractivity contribution in [2.24, 2.45) is 0 Å². The van der Waals surface area contributed by atoms with E-state index in [1.165, 1.54) is 12.1 Å². The number of nitrogens with zero attached hydrogens (tertiary/aromatic N) is 1. The van der Waals surface area contributed by atoms with E-state index in [-0.39, 0.29) is 4.90 Å². The van der Waals surface area contributed by atoms with Crippen molar-refractivity contribution in [3.63, 3.8) is 0 Å². The first-order chi connectivity index (χ1) is 9.81. The largest absolute Gasteiger partial charge is 0.468 e. The molecule has 0 atom stereocenters. The van der Waals surface area contributed by atoms with Crippen molar-refractivity contribution in [1.82, 2.24) is 4.31 Å². The molecule has 0 spiro atoms. The molecule has 8 heteroatoms. The fraction of sp³-hybridized carbons (Fsp3) is 0.385. The van der Waals surface area contributed by atoms with Crippen molar-refractivity contribution >= 4 is 22.0 Å². The maximum atomic E-state index is 12.5. The summed E-state index contributed by atoms with van der Waals surface area (Å²) in [6.07, 6.45) is 0. The monoisotopic (exact) mass is 315 g/mol. The molecule has 0 aliphatic carbocycles. The summed E-state index contributed by atoms with van der Waals surface area (Å²) in [6, 6.07) is 6.07. The summed E-state index contributed by atoms with van der Waals surface area (Å²) in [4.78, 5) is 22.7. The Morgan fingerprint density at radius 2 is 1.43 bits per heavy atom. The van der Waals surface area contributed by atoms with Crippen molar-refractivity contribution in [3.05, 3.63) is 29.8 Å². The van der Waals surface area contributed by atoms with Gasteiger partial charge in [0.05, 0.1) is 19.1 Å². The number of rotatable bonds is 6. The summed E-state index contributed by atoms with van der Waals surface area (Å²) < 4.78 is 34.5.